The molecule has 1 rings (SSSR count). The largest absolute Gasteiger partial charge is 0.634 e. The summed E-state index contributed by atoms with van der Waals surface area (Å²) in [5.41, 5.74) is 0. The van der Waals surface area contributed by atoms with Crippen molar-refractivity contribution >= 4 is 0 Å². The van der Waals surface area contributed by atoms with Gasteiger partial charge in [0.15, 0.2) is 0 Å². The molecule has 0 aromatic heterocycles. The summed E-state index contributed by atoms with van der Waals surface area (Å²) in [5.74, 6) is 0. The summed E-state index contributed by atoms with van der Waals surface area (Å²) >= 11 is 0. The van der Waals surface area contributed by atoms with Gasteiger partial charge in [-0.1, -0.05) is 0 Å². The molecule has 4 nitrogen and oxygen atoms in total. The Morgan fingerprint density at radius 3 is 3.00 bits per heavy atom. The zero-order chi connectivity index (χ0) is 6.69. The van der Waals surface area contributed by atoms with Crippen molar-refractivity contribution in [2.24, 2.45) is 0 Å². The Labute approximate surface area is 54.0 Å². The summed E-state index contributed by atoms with van der Waals surface area (Å²) in [6, 6.07) is -0.140. The van der Waals surface area contributed by atoms with E-state index in [1.54, 1.807) is 0 Å². The van der Waals surface area contributed by atoms with Gasteiger partial charge in [-0.05, 0) is 0 Å². The van der Waals surface area contributed by atoms with Crippen LogP contribution in [0.3, 0.4) is 0 Å². The van der Waals surface area contributed by atoms with Crippen LogP contribution in [0.4, 0.5) is 0 Å². The molecule has 0 spiro atoms. The van der Waals surface area contributed by atoms with Crippen LogP contribution in [0.1, 0.15) is 0 Å². The first-order valence-corrected chi connectivity index (χ1v) is 3.19. The highest BCUT2D eigenvalue weighted by Crippen LogP contribution is 1.76. The third-order valence-corrected chi connectivity index (χ3v) is 1.61. The zero-order valence-corrected chi connectivity index (χ0v) is 5.26. The van der Waals surface area contributed by atoms with Crippen molar-refractivity contribution in [1.29, 1.82) is 0 Å². The fraction of sp³-hybridized carbons (Fsp3) is 1.00. The normalized spacial score (nSPS) is 36.7. The summed E-state index contributed by atoms with van der Waals surface area (Å²) in [6.45, 7) is 1.99. The van der Waals surface area contributed by atoms with Crippen LogP contribution in [0.25, 0.3) is 0 Å². The molecule has 2 atom stereocenters. The van der Waals surface area contributed by atoms with E-state index in [0.29, 0.717) is 13.1 Å². The lowest BCUT2D eigenvalue weighted by atomic mass is 10.2. The predicted molar refractivity (Wildman–Crippen MR) is 32.9 cm³/mol. The second kappa shape index (κ2) is 3.12. The van der Waals surface area contributed by atoms with E-state index in [0.717, 1.165) is 6.54 Å². The average molecular weight is 132 g/mol. The first-order chi connectivity index (χ1) is 4.34. The molecule has 0 aromatic rings. The maximum atomic E-state index is 10.8. The molecule has 2 unspecified atom stereocenters. The second-order valence-electron chi connectivity index (χ2n) is 2.30. The first-order valence-electron chi connectivity index (χ1n) is 3.19. The number of aliphatic hydroxyl groups excluding tert-OH is 1. The summed E-state index contributed by atoms with van der Waals surface area (Å²) in [6.07, 6.45) is 0. The summed E-state index contributed by atoms with van der Waals surface area (Å²) < 4.78 is 0. The number of aliphatic hydroxyl groups is 1. The van der Waals surface area contributed by atoms with Gasteiger partial charge in [-0.3, -0.25) is 0 Å². The molecule has 1 aliphatic rings. The maximum Gasteiger partial charge on any atom is 0.123 e. The van der Waals surface area contributed by atoms with E-state index >= 15 is 0 Å². The highest BCUT2D eigenvalue weighted by atomic mass is 16.5. The lowest BCUT2D eigenvalue weighted by Crippen LogP contribution is -3.15. The highest BCUT2D eigenvalue weighted by molar-refractivity contribution is 4.62. The number of nitrogens with one attached hydrogen (secondary N) is 2. The molecule has 1 fully saturated rings. The van der Waals surface area contributed by atoms with Crippen molar-refractivity contribution in [3.63, 3.8) is 0 Å². The SMILES string of the molecule is [O-][NH+]1CCNCC1CO. The van der Waals surface area contributed by atoms with Gasteiger partial charge < -0.3 is 20.7 Å². The van der Waals surface area contributed by atoms with Gasteiger partial charge >= 0.3 is 0 Å². The van der Waals surface area contributed by atoms with Crippen LogP contribution in [0.5, 0.6) is 0 Å². The van der Waals surface area contributed by atoms with Gasteiger partial charge in [0.1, 0.15) is 6.04 Å². The van der Waals surface area contributed by atoms with Gasteiger partial charge in [-0.25, -0.2) is 0 Å². The zero-order valence-electron chi connectivity index (χ0n) is 5.26. The minimum atomic E-state index is -0.140. The van der Waals surface area contributed by atoms with E-state index in [-0.39, 0.29) is 17.7 Å². The molecule has 0 aromatic carbocycles. The van der Waals surface area contributed by atoms with Crippen LogP contribution in [-0.4, -0.2) is 37.4 Å². The number of rotatable bonds is 1. The molecule has 1 heterocycles. The predicted octanol–water partition coefficient (Wildman–Crippen LogP) is -2.67. The summed E-state index contributed by atoms with van der Waals surface area (Å²) in [7, 11) is 0. The maximum absolute atomic E-state index is 10.8. The molecular weight excluding hydrogens is 120 g/mol. The fourth-order valence-electron chi connectivity index (χ4n) is 0.972. The van der Waals surface area contributed by atoms with Crippen molar-refractivity contribution in [3.05, 3.63) is 5.21 Å². The van der Waals surface area contributed by atoms with E-state index in [2.05, 4.69) is 5.32 Å². The van der Waals surface area contributed by atoms with Crippen LogP contribution in [0.2, 0.25) is 0 Å². The van der Waals surface area contributed by atoms with Crippen molar-refractivity contribution in [2.45, 2.75) is 6.04 Å². The van der Waals surface area contributed by atoms with Crippen LogP contribution >= 0.6 is 0 Å². The van der Waals surface area contributed by atoms with Crippen LogP contribution in [0.15, 0.2) is 0 Å². The van der Waals surface area contributed by atoms with E-state index < -0.39 is 0 Å². The molecule has 1 aliphatic heterocycles. The first kappa shape index (κ1) is 6.95. The monoisotopic (exact) mass is 132 g/mol. The molecule has 54 valence electrons. The number of hydrogen-bond acceptors (Lipinski definition) is 3. The Morgan fingerprint density at radius 1 is 1.78 bits per heavy atom. The Hall–Kier alpha value is -0.160. The number of hydrogen-bond donors (Lipinski definition) is 3. The molecule has 0 radical (unpaired) electrons. The Bertz CT molecular complexity index is 89.0. The smallest absolute Gasteiger partial charge is 0.123 e. The molecule has 9 heavy (non-hydrogen) atoms. The Kier molecular flexibility index (Phi) is 2.41. The van der Waals surface area contributed by atoms with Gasteiger partial charge in [0.2, 0.25) is 0 Å². The van der Waals surface area contributed by atoms with E-state index in [1.807, 2.05) is 0 Å². The minimum Gasteiger partial charge on any atom is -0.634 e. The molecule has 3 N–H and O–H groups in total. The van der Waals surface area contributed by atoms with Gasteiger partial charge in [0.05, 0.1) is 19.7 Å². The quantitative estimate of drug-likeness (QED) is 0.341. The van der Waals surface area contributed by atoms with Gasteiger partial charge in [-0.2, -0.15) is 0 Å². The number of hydroxylamine groups is 2. The van der Waals surface area contributed by atoms with Gasteiger partial charge in [-0.15, -0.1) is 0 Å². The fourth-order valence-corrected chi connectivity index (χ4v) is 0.972. The van der Waals surface area contributed by atoms with Crippen LogP contribution in [-0.2, 0) is 0 Å². The minimum absolute atomic E-state index is 0.00810. The lowest BCUT2D eigenvalue weighted by Gasteiger charge is -2.34. The molecule has 0 aliphatic carbocycles. The summed E-state index contributed by atoms with van der Waals surface area (Å²) in [5, 5.41) is 22.7. The molecule has 1 saturated heterocycles. The summed E-state index contributed by atoms with van der Waals surface area (Å²) in [4.78, 5) is 0. The Balaban J connectivity index is 2.30. The van der Waals surface area contributed by atoms with E-state index in [1.165, 1.54) is 0 Å². The van der Waals surface area contributed by atoms with Gasteiger partial charge in [0.25, 0.3) is 0 Å². The van der Waals surface area contributed by atoms with Crippen LogP contribution in [0, 0.1) is 5.21 Å². The van der Waals surface area contributed by atoms with Crippen molar-refractivity contribution < 1.29 is 10.2 Å². The lowest BCUT2D eigenvalue weighted by molar-refractivity contribution is -0.878. The second-order valence-corrected chi connectivity index (χ2v) is 2.30. The standard InChI is InChI=1S/C5H12N2O2/c8-4-5-3-6-1-2-7(5)9/h5-8H,1-4H2. The molecular formula is C5H12N2O2. The highest BCUT2D eigenvalue weighted by Gasteiger charge is 2.17. The molecule has 0 saturated carbocycles. The van der Waals surface area contributed by atoms with E-state index in [9.17, 15) is 5.21 Å². The number of quaternary nitrogens is 1. The third-order valence-electron chi connectivity index (χ3n) is 1.61. The molecule has 0 bridgehead atoms. The van der Waals surface area contributed by atoms with Crippen LogP contribution < -0.4 is 10.4 Å². The van der Waals surface area contributed by atoms with Gasteiger partial charge in [0, 0.05) is 6.54 Å². The van der Waals surface area contributed by atoms with Crippen molar-refractivity contribution in [3.8, 4) is 0 Å². The molecule has 0 amide bonds. The Morgan fingerprint density at radius 2 is 2.56 bits per heavy atom. The topological polar surface area (TPSA) is 59.8 Å². The van der Waals surface area contributed by atoms with Crippen molar-refractivity contribution in [2.75, 3.05) is 26.2 Å². The average Bonchev–Trinajstić information content (AvgIpc) is 1.89. The third kappa shape index (κ3) is 1.62. The van der Waals surface area contributed by atoms with E-state index in [4.69, 9.17) is 5.11 Å². The van der Waals surface area contributed by atoms with Crippen molar-refractivity contribution in [1.82, 2.24) is 5.32 Å². The number of piperazine rings is 1. The molecule has 4 heteroatoms.